The van der Waals surface area contributed by atoms with Crippen molar-refractivity contribution in [1.82, 2.24) is 5.32 Å². The maximum atomic E-state index is 11.9. The molecular weight excluding hydrogens is 354 g/mol. The average Bonchev–Trinajstić information content (AvgIpc) is 2.60. The van der Waals surface area contributed by atoms with Crippen molar-refractivity contribution in [1.29, 1.82) is 0 Å². The van der Waals surface area contributed by atoms with Crippen molar-refractivity contribution in [2.24, 2.45) is 0 Å². The number of hydrogen-bond donors (Lipinski definition) is 1. The number of halogens is 1. The average molecular weight is 370 g/mol. The highest BCUT2D eigenvalue weighted by molar-refractivity contribution is 9.10. The predicted octanol–water partition coefficient (Wildman–Crippen LogP) is 4.30. The Kier molecular flexibility index (Phi) is 4.93. The van der Waals surface area contributed by atoms with Crippen LogP contribution >= 0.6 is 15.9 Å². The zero-order valence-electron chi connectivity index (χ0n) is 12.5. The van der Waals surface area contributed by atoms with Crippen LogP contribution in [0.15, 0.2) is 71.2 Å². The second-order valence-corrected chi connectivity index (χ2v) is 5.94. The minimum atomic E-state index is -0.145. The molecule has 0 fully saturated rings. The summed E-state index contributed by atoms with van der Waals surface area (Å²) in [6.45, 7) is 0.492. The topological polar surface area (TPSA) is 38.3 Å². The number of rotatable bonds is 5. The van der Waals surface area contributed by atoms with E-state index in [1.807, 2.05) is 66.7 Å². The van der Waals surface area contributed by atoms with Crippen LogP contribution < -0.4 is 10.1 Å². The molecule has 0 radical (unpaired) electrons. The Hall–Kier alpha value is -2.33. The van der Waals surface area contributed by atoms with Gasteiger partial charge in [0.1, 0.15) is 5.75 Å². The van der Waals surface area contributed by atoms with Crippen molar-refractivity contribution >= 4 is 32.6 Å². The van der Waals surface area contributed by atoms with Gasteiger partial charge in [-0.1, -0.05) is 60.7 Å². The lowest BCUT2D eigenvalue weighted by Gasteiger charge is -2.10. The second-order valence-electron chi connectivity index (χ2n) is 5.15. The third-order valence-corrected chi connectivity index (χ3v) is 4.34. The number of ether oxygens (including phenoxy) is 1. The van der Waals surface area contributed by atoms with Gasteiger partial charge in [-0.3, -0.25) is 4.79 Å². The molecule has 3 rings (SSSR count). The minimum Gasteiger partial charge on any atom is -0.483 e. The third-order valence-electron chi connectivity index (χ3n) is 3.52. The fraction of sp³-hybridized carbons (Fsp3) is 0.105. The molecule has 0 aromatic heterocycles. The predicted molar refractivity (Wildman–Crippen MR) is 95.4 cm³/mol. The molecule has 3 aromatic carbocycles. The molecule has 1 amide bonds. The number of amides is 1. The van der Waals surface area contributed by atoms with Crippen molar-refractivity contribution in [3.05, 3.63) is 76.8 Å². The van der Waals surface area contributed by atoms with E-state index < -0.39 is 0 Å². The van der Waals surface area contributed by atoms with Crippen LogP contribution in [0.3, 0.4) is 0 Å². The smallest absolute Gasteiger partial charge is 0.258 e. The van der Waals surface area contributed by atoms with E-state index in [2.05, 4.69) is 21.2 Å². The summed E-state index contributed by atoms with van der Waals surface area (Å²) in [7, 11) is 0. The Labute approximate surface area is 143 Å². The number of carbonyl (C=O) groups is 1. The van der Waals surface area contributed by atoms with E-state index in [0.717, 1.165) is 20.8 Å². The van der Waals surface area contributed by atoms with Gasteiger partial charge < -0.3 is 10.1 Å². The molecule has 0 bridgehead atoms. The molecule has 0 heterocycles. The third kappa shape index (κ3) is 3.90. The summed E-state index contributed by atoms with van der Waals surface area (Å²) in [5.41, 5.74) is 1.06. The molecule has 0 saturated heterocycles. The van der Waals surface area contributed by atoms with Gasteiger partial charge in [-0.15, -0.1) is 0 Å². The van der Waals surface area contributed by atoms with Crippen LogP contribution in [0, 0.1) is 0 Å². The molecule has 0 saturated carbocycles. The Morgan fingerprint density at radius 3 is 2.52 bits per heavy atom. The molecule has 0 aliphatic heterocycles. The molecule has 0 aliphatic rings. The summed E-state index contributed by atoms with van der Waals surface area (Å²) in [5.74, 6) is 0.521. The van der Waals surface area contributed by atoms with E-state index in [-0.39, 0.29) is 12.5 Å². The zero-order chi connectivity index (χ0) is 16.1. The van der Waals surface area contributed by atoms with E-state index in [0.29, 0.717) is 12.3 Å². The highest BCUT2D eigenvalue weighted by atomic mass is 79.9. The van der Waals surface area contributed by atoms with Crippen LogP contribution in [-0.4, -0.2) is 12.5 Å². The molecule has 0 atom stereocenters. The van der Waals surface area contributed by atoms with Crippen LogP contribution in [0.5, 0.6) is 5.75 Å². The molecule has 3 aromatic rings. The normalized spacial score (nSPS) is 10.5. The molecular formula is C19H16BrNO2. The maximum Gasteiger partial charge on any atom is 0.258 e. The van der Waals surface area contributed by atoms with E-state index in [1.165, 1.54) is 0 Å². The first kappa shape index (κ1) is 15.6. The molecule has 116 valence electrons. The summed E-state index contributed by atoms with van der Waals surface area (Å²) >= 11 is 3.55. The molecule has 4 heteroatoms. The van der Waals surface area contributed by atoms with Crippen molar-refractivity contribution in [3.8, 4) is 5.75 Å². The van der Waals surface area contributed by atoms with Crippen LogP contribution in [0.4, 0.5) is 0 Å². The van der Waals surface area contributed by atoms with Crippen molar-refractivity contribution in [2.45, 2.75) is 6.54 Å². The van der Waals surface area contributed by atoms with Crippen molar-refractivity contribution in [2.75, 3.05) is 6.61 Å². The van der Waals surface area contributed by atoms with Crippen LogP contribution in [0.1, 0.15) is 5.56 Å². The Morgan fingerprint density at radius 1 is 0.957 bits per heavy atom. The van der Waals surface area contributed by atoms with Gasteiger partial charge in [-0.05, 0) is 38.3 Å². The molecule has 0 aliphatic carbocycles. The lowest BCUT2D eigenvalue weighted by Crippen LogP contribution is -2.28. The van der Waals surface area contributed by atoms with Gasteiger partial charge >= 0.3 is 0 Å². The lowest BCUT2D eigenvalue weighted by molar-refractivity contribution is -0.123. The van der Waals surface area contributed by atoms with Crippen molar-refractivity contribution in [3.63, 3.8) is 0 Å². The maximum absolute atomic E-state index is 11.9. The Bertz CT molecular complexity index is 818. The Balaban J connectivity index is 1.60. The summed E-state index contributed by atoms with van der Waals surface area (Å²) in [4.78, 5) is 11.9. The summed E-state index contributed by atoms with van der Waals surface area (Å²) in [6.07, 6.45) is 0. The molecule has 0 unspecified atom stereocenters. The number of nitrogens with one attached hydrogen (secondary N) is 1. The van der Waals surface area contributed by atoms with Gasteiger partial charge in [-0.25, -0.2) is 0 Å². The van der Waals surface area contributed by atoms with Crippen LogP contribution in [0.25, 0.3) is 10.8 Å². The molecule has 3 nitrogen and oxygen atoms in total. The van der Waals surface area contributed by atoms with Gasteiger partial charge in [0.15, 0.2) is 6.61 Å². The summed E-state index contributed by atoms with van der Waals surface area (Å²) < 4.78 is 6.50. The van der Waals surface area contributed by atoms with E-state index in [4.69, 9.17) is 4.74 Å². The van der Waals surface area contributed by atoms with Crippen LogP contribution in [-0.2, 0) is 11.3 Å². The van der Waals surface area contributed by atoms with Gasteiger partial charge in [0.25, 0.3) is 5.91 Å². The fourth-order valence-corrected chi connectivity index (χ4v) is 2.92. The fourth-order valence-electron chi connectivity index (χ4n) is 2.32. The first-order valence-electron chi connectivity index (χ1n) is 7.35. The van der Waals surface area contributed by atoms with Gasteiger partial charge in [0.2, 0.25) is 0 Å². The number of hydrogen-bond acceptors (Lipinski definition) is 2. The number of benzene rings is 3. The lowest BCUT2D eigenvalue weighted by atomic mass is 10.1. The summed E-state index contributed by atoms with van der Waals surface area (Å²) in [6, 6.07) is 21.7. The zero-order valence-corrected chi connectivity index (χ0v) is 14.0. The van der Waals surface area contributed by atoms with Gasteiger partial charge in [-0.2, -0.15) is 0 Å². The van der Waals surface area contributed by atoms with E-state index in [1.54, 1.807) is 0 Å². The first-order valence-corrected chi connectivity index (χ1v) is 8.14. The molecule has 0 spiro atoms. The monoisotopic (exact) mass is 369 g/mol. The largest absolute Gasteiger partial charge is 0.483 e. The van der Waals surface area contributed by atoms with E-state index in [9.17, 15) is 4.79 Å². The highest BCUT2D eigenvalue weighted by Gasteiger charge is 2.08. The van der Waals surface area contributed by atoms with Crippen molar-refractivity contribution < 1.29 is 9.53 Å². The molecule has 23 heavy (non-hydrogen) atoms. The molecule has 1 N–H and O–H groups in total. The van der Waals surface area contributed by atoms with Crippen LogP contribution in [0.2, 0.25) is 0 Å². The Morgan fingerprint density at radius 2 is 1.70 bits per heavy atom. The minimum absolute atomic E-state index is 0.0101. The first-order chi connectivity index (χ1) is 11.2. The second kappa shape index (κ2) is 7.29. The number of fused-ring (bicyclic) bond motifs is 1. The highest BCUT2D eigenvalue weighted by Crippen LogP contribution is 2.32. The van der Waals surface area contributed by atoms with Gasteiger partial charge in [0, 0.05) is 6.54 Å². The van der Waals surface area contributed by atoms with E-state index >= 15 is 0 Å². The standard InChI is InChI=1S/C19H16BrNO2/c20-19-16-9-5-4-8-15(16)10-11-17(19)23-13-18(22)21-12-14-6-2-1-3-7-14/h1-11H,12-13H2,(H,21,22). The number of carbonyl (C=O) groups excluding carboxylic acids is 1. The summed E-state index contributed by atoms with van der Waals surface area (Å²) in [5, 5.41) is 5.04. The SMILES string of the molecule is O=C(COc1ccc2ccccc2c1Br)NCc1ccccc1. The quantitative estimate of drug-likeness (QED) is 0.727. The van der Waals surface area contributed by atoms with Gasteiger partial charge in [0.05, 0.1) is 4.47 Å².